The minimum absolute atomic E-state index is 0.0232. The van der Waals surface area contributed by atoms with Gasteiger partial charge in [0.1, 0.15) is 0 Å². The van der Waals surface area contributed by atoms with Crippen LogP contribution in [0.2, 0.25) is 0 Å². The number of carbonyl (C=O) groups is 1. The number of carbonyl (C=O) groups excluding carboxylic acids is 1. The molecule has 138 valence electrons. The van der Waals surface area contributed by atoms with E-state index in [4.69, 9.17) is 0 Å². The van der Waals surface area contributed by atoms with Crippen LogP contribution in [0.4, 0.5) is 0 Å². The highest BCUT2D eigenvalue weighted by atomic mass is 16.1. The van der Waals surface area contributed by atoms with Crippen molar-refractivity contribution in [3.05, 3.63) is 71.3 Å². The Morgan fingerprint density at radius 2 is 1.65 bits per heavy atom. The predicted molar refractivity (Wildman–Crippen MR) is 107 cm³/mol. The van der Waals surface area contributed by atoms with Crippen molar-refractivity contribution in [1.82, 2.24) is 10.2 Å². The number of nitrogens with zero attached hydrogens (tertiary/aromatic N) is 1. The molecule has 2 aromatic carbocycles. The second-order valence-corrected chi connectivity index (χ2v) is 7.43. The van der Waals surface area contributed by atoms with Gasteiger partial charge >= 0.3 is 0 Å². The number of nitrogens with one attached hydrogen (secondary N) is 1. The Hall–Kier alpha value is -2.13. The van der Waals surface area contributed by atoms with Gasteiger partial charge in [-0.15, -0.1) is 0 Å². The Kier molecular flexibility index (Phi) is 6.84. The maximum atomic E-state index is 12.4. The number of rotatable bonds is 7. The molecule has 1 heterocycles. The van der Waals surface area contributed by atoms with Crippen molar-refractivity contribution >= 4 is 5.91 Å². The van der Waals surface area contributed by atoms with Crippen LogP contribution in [0.1, 0.15) is 54.1 Å². The third kappa shape index (κ3) is 5.70. The van der Waals surface area contributed by atoms with E-state index in [1.54, 1.807) is 0 Å². The molecule has 0 radical (unpaired) electrons. The molecule has 0 aromatic heterocycles. The molecule has 0 bridgehead atoms. The van der Waals surface area contributed by atoms with Crippen LogP contribution in [-0.2, 0) is 13.0 Å². The Balaban J connectivity index is 1.46. The van der Waals surface area contributed by atoms with Crippen LogP contribution in [0, 0.1) is 0 Å². The van der Waals surface area contributed by atoms with Crippen molar-refractivity contribution in [2.75, 3.05) is 13.1 Å². The molecule has 0 spiro atoms. The topological polar surface area (TPSA) is 32.3 Å². The summed E-state index contributed by atoms with van der Waals surface area (Å²) in [6.07, 6.45) is 5.90. The summed E-state index contributed by atoms with van der Waals surface area (Å²) in [5, 5.41) is 3.12. The van der Waals surface area contributed by atoms with Gasteiger partial charge < -0.3 is 5.32 Å². The number of aryl methyl sites for hydroxylation is 1. The third-order valence-corrected chi connectivity index (χ3v) is 5.16. The van der Waals surface area contributed by atoms with E-state index >= 15 is 0 Å². The first-order valence-electron chi connectivity index (χ1n) is 9.87. The van der Waals surface area contributed by atoms with Crippen molar-refractivity contribution in [2.24, 2.45) is 0 Å². The summed E-state index contributed by atoms with van der Waals surface area (Å²) in [6.45, 7) is 5.46. The molecular weight excluding hydrogens is 320 g/mol. The molecule has 1 saturated heterocycles. The van der Waals surface area contributed by atoms with E-state index in [1.807, 2.05) is 18.2 Å². The number of hydrogen-bond acceptors (Lipinski definition) is 2. The van der Waals surface area contributed by atoms with Gasteiger partial charge in [0, 0.05) is 18.2 Å². The molecule has 2 aromatic rings. The van der Waals surface area contributed by atoms with Gasteiger partial charge in [-0.25, -0.2) is 0 Å². The molecule has 1 unspecified atom stereocenters. The zero-order valence-electron chi connectivity index (χ0n) is 15.8. The highest BCUT2D eigenvalue weighted by Gasteiger charge is 2.12. The maximum Gasteiger partial charge on any atom is 0.251 e. The van der Waals surface area contributed by atoms with E-state index in [0.717, 1.165) is 24.9 Å². The lowest BCUT2D eigenvalue weighted by molar-refractivity contribution is 0.0938. The van der Waals surface area contributed by atoms with Crippen LogP contribution in [0.5, 0.6) is 0 Å². The molecule has 3 rings (SSSR count). The lowest BCUT2D eigenvalue weighted by atomic mass is 10.1. The summed E-state index contributed by atoms with van der Waals surface area (Å²) < 4.78 is 0. The lowest BCUT2D eigenvalue weighted by Crippen LogP contribution is -2.33. The minimum Gasteiger partial charge on any atom is -0.350 e. The average molecular weight is 351 g/mol. The van der Waals surface area contributed by atoms with Gasteiger partial charge in [0.15, 0.2) is 0 Å². The fourth-order valence-electron chi connectivity index (χ4n) is 3.54. The van der Waals surface area contributed by atoms with Crippen LogP contribution in [0.15, 0.2) is 54.6 Å². The van der Waals surface area contributed by atoms with Crippen molar-refractivity contribution in [3.63, 3.8) is 0 Å². The van der Waals surface area contributed by atoms with Crippen LogP contribution in [-0.4, -0.2) is 29.9 Å². The molecular formula is C23H30N2O. The summed E-state index contributed by atoms with van der Waals surface area (Å²) in [5.74, 6) is 0.0232. The molecule has 3 nitrogen and oxygen atoms in total. The summed E-state index contributed by atoms with van der Waals surface area (Å²) in [5.41, 5.74) is 3.36. The van der Waals surface area contributed by atoms with E-state index in [-0.39, 0.29) is 11.9 Å². The van der Waals surface area contributed by atoms with E-state index < -0.39 is 0 Å². The van der Waals surface area contributed by atoms with Crippen molar-refractivity contribution in [2.45, 2.75) is 51.6 Å². The fourth-order valence-corrected chi connectivity index (χ4v) is 3.54. The quantitative estimate of drug-likeness (QED) is 0.801. The molecule has 1 aliphatic heterocycles. The van der Waals surface area contributed by atoms with Crippen LogP contribution < -0.4 is 5.32 Å². The molecule has 0 aliphatic carbocycles. The predicted octanol–water partition coefficient (Wildman–Crippen LogP) is 4.42. The first-order chi connectivity index (χ1) is 12.7. The number of amides is 1. The van der Waals surface area contributed by atoms with Crippen LogP contribution in [0.3, 0.4) is 0 Å². The summed E-state index contributed by atoms with van der Waals surface area (Å²) in [4.78, 5) is 15.0. The third-order valence-electron chi connectivity index (χ3n) is 5.16. The van der Waals surface area contributed by atoms with Crippen LogP contribution >= 0.6 is 0 Å². The Bertz CT molecular complexity index is 675. The summed E-state index contributed by atoms with van der Waals surface area (Å²) >= 11 is 0. The normalized spacial score (nSPS) is 16.2. The minimum atomic E-state index is 0.0232. The molecule has 0 saturated carbocycles. The van der Waals surface area contributed by atoms with Crippen LogP contribution in [0.25, 0.3) is 0 Å². The van der Waals surface area contributed by atoms with Gasteiger partial charge in [-0.3, -0.25) is 9.69 Å². The van der Waals surface area contributed by atoms with Gasteiger partial charge in [0.25, 0.3) is 5.91 Å². The SMILES string of the molecule is CC(CCc1ccccc1)NC(=O)c1ccc(CN2CCCCC2)cc1. The Labute approximate surface area is 157 Å². The zero-order valence-corrected chi connectivity index (χ0v) is 15.8. The summed E-state index contributed by atoms with van der Waals surface area (Å²) in [6, 6.07) is 18.7. The van der Waals surface area contributed by atoms with E-state index in [9.17, 15) is 4.79 Å². The molecule has 1 N–H and O–H groups in total. The van der Waals surface area contributed by atoms with E-state index in [1.165, 1.54) is 43.5 Å². The van der Waals surface area contributed by atoms with Crippen molar-refractivity contribution < 1.29 is 4.79 Å². The first kappa shape index (κ1) is 18.7. The Morgan fingerprint density at radius 3 is 2.35 bits per heavy atom. The molecule has 1 atom stereocenters. The zero-order chi connectivity index (χ0) is 18.2. The number of hydrogen-bond donors (Lipinski definition) is 1. The van der Waals surface area contributed by atoms with E-state index in [0.29, 0.717) is 0 Å². The smallest absolute Gasteiger partial charge is 0.251 e. The second kappa shape index (κ2) is 9.54. The molecule has 26 heavy (non-hydrogen) atoms. The van der Waals surface area contributed by atoms with Crippen molar-refractivity contribution in [3.8, 4) is 0 Å². The van der Waals surface area contributed by atoms with Gasteiger partial charge in [-0.05, 0) is 69.0 Å². The Morgan fingerprint density at radius 1 is 0.962 bits per heavy atom. The lowest BCUT2D eigenvalue weighted by Gasteiger charge is -2.26. The number of piperidine rings is 1. The fraction of sp³-hybridized carbons (Fsp3) is 0.435. The highest BCUT2D eigenvalue weighted by molar-refractivity contribution is 5.94. The molecule has 1 amide bonds. The monoisotopic (exact) mass is 350 g/mol. The summed E-state index contributed by atoms with van der Waals surface area (Å²) in [7, 11) is 0. The largest absolute Gasteiger partial charge is 0.350 e. The molecule has 1 aliphatic rings. The highest BCUT2D eigenvalue weighted by Crippen LogP contribution is 2.14. The standard InChI is InChI=1S/C23H30N2O/c1-19(10-11-20-8-4-2-5-9-20)24-23(26)22-14-12-21(13-15-22)18-25-16-6-3-7-17-25/h2,4-5,8-9,12-15,19H,3,6-7,10-11,16-18H2,1H3,(H,24,26). The van der Waals surface area contributed by atoms with Crippen molar-refractivity contribution in [1.29, 1.82) is 0 Å². The first-order valence-corrected chi connectivity index (χ1v) is 9.87. The molecule has 1 fully saturated rings. The van der Waals surface area contributed by atoms with Gasteiger partial charge in [0.05, 0.1) is 0 Å². The van der Waals surface area contributed by atoms with Gasteiger partial charge in [0.2, 0.25) is 0 Å². The van der Waals surface area contributed by atoms with E-state index in [2.05, 4.69) is 53.5 Å². The van der Waals surface area contributed by atoms with Gasteiger partial charge in [-0.1, -0.05) is 48.9 Å². The second-order valence-electron chi connectivity index (χ2n) is 7.43. The number of likely N-dealkylation sites (tertiary alicyclic amines) is 1. The molecule has 3 heteroatoms. The average Bonchev–Trinajstić information content (AvgIpc) is 2.68. The van der Waals surface area contributed by atoms with Gasteiger partial charge in [-0.2, -0.15) is 0 Å². The maximum absolute atomic E-state index is 12.4. The number of benzene rings is 2.